The molecule has 0 radical (unpaired) electrons. The summed E-state index contributed by atoms with van der Waals surface area (Å²) < 4.78 is 5.91. The molecule has 23 heavy (non-hydrogen) atoms. The van der Waals surface area contributed by atoms with E-state index in [0.717, 1.165) is 44.1 Å². The van der Waals surface area contributed by atoms with Crippen LogP contribution in [-0.2, 0) is 4.74 Å². The monoisotopic (exact) mass is 320 g/mol. The second kappa shape index (κ2) is 7.33. The van der Waals surface area contributed by atoms with Gasteiger partial charge in [0.05, 0.1) is 18.3 Å². The van der Waals surface area contributed by atoms with Gasteiger partial charge in [-0.2, -0.15) is 0 Å². The number of aliphatic hydroxyl groups excluding tert-OH is 1. The van der Waals surface area contributed by atoms with Gasteiger partial charge in [-0.05, 0) is 71.8 Å². The highest BCUT2D eigenvalue weighted by Crippen LogP contribution is 2.43. The van der Waals surface area contributed by atoms with Crippen LogP contribution >= 0.6 is 0 Å². The zero-order valence-corrected chi connectivity index (χ0v) is 15.1. The van der Waals surface area contributed by atoms with Crippen molar-refractivity contribution in [1.29, 1.82) is 0 Å². The van der Waals surface area contributed by atoms with Gasteiger partial charge >= 0.3 is 0 Å². The summed E-state index contributed by atoms with van der Waals surface area (Å²) in [5.74, 6) is 0. The molecule has 1 heterocycles. The predicted molar refractivity (Wildman–Crippen MR) is 94.3 cm³/mol. The molecule has 0 amide bonds. The summed E-state index contributed by atoms with van der Waals surface area (Å²) in [6, 6.07) is 0. The Labute approximate surface area is 140 Å². The molecular formula is C20H32O3. The highest BCUT2D eigenvalue weighted by Gasteiger charge is 2.50. The largest absolute Gasteiger partial charge is 0.393 e. The van der Waals surface area contributed by atoms with Crippen molar-refractivity contribution >= 4 is 0 Å². The third-order valence-electron chi connectivity index (χ3n) is 5.33. The van der Waals surface area contributed by atoms with Gasteiger partial charge in [0.2, 0.25) is 0 Å². The maximum Gasteiger partial charge on any atom is 0.106 e. The molecule has 0 aromatic rings. The first-order valence-corrected chi connectivity index (χ1v) is 8.80. The van der Waals surface area contributed by atoms with Crippen molar-refractivity contribution in [2.45, 2.75) is 83.5 Å². The quantitative estimate of drug-likeness (QED) is 0.596. The maximum atomic E-state index is 10.4. The Morgan fingerprint density at radius 2 is 1.96 bits per heavy atom. The molecule has 0 bridgehead atoms. The molecule has 1 fully saturated rings. The first kappa shape index (κ1) is 18.4. The first-order valence-electron chi connectivity index (χ1n) is 8.80. The minimum absolute atomic E-state index is 0.0722. The van der Waals surface area contributed by atoms with E-state index in [4.69, 9.17) is 4.74 Å². The molecule has 2 aliphatic rings. The molecule has 3 heteroatoms. The fourth-order valence-electron chi connectivity index (χ4n) is 3.23. The molecular weight excluding hydrogens is 288 g/mol. The average molecular weight is 320 g/mol. The number of epoxide rings is 1. The number of ether oxygens (including phenoxy) is 1. The molecule has 130 valence electrons. The molecule has 1 saturated heterocycles. The van der Waals surface area contributed by atoms with Gasteiger partial charge in [0.15, 0.2) is 0 Å². The molecule has 0 unspecified atom stereocenters. The standard InChI is InChI=1S/C20H32O3/c1-15-6-5-13-20(4)18(23-20)12-9-16(2)8-11-17(10-7-15)19(3,22)14-21/h6,8,11,18,21-22H,5,7,9-10,12-14H2,1-4H3/b15-6+,16-8+,17-11+/t18-,19-,20-/m0/s1. The second-order valence-corrected chi connectivity index (χ2v) is 7.68. The van der Waals surface area contributed by atoms with Crippen molar-refractivity contribution in [3.05, 3.63) is 34.9 Å². The van der Waals surface area contributed by atoms with Crippen LogP contribution in [0.25, 0.3) is 0 Å². The Hall–Kier alpha value is -0.900. The highest BCUT2D eigenvalue weighted by molar-refractivity contribution is 5.25. The van der Waals surface area contributed by atoms with E-state index in [1.165, 1.54) is 11.1 Å². The van der Waals surface area contributed by atoms with Gasteiger partial charge < -0.3 is 14.9 Å². The number of rotatable bonds is 2. The van der Waals surface area contributed by atoms with Gasteiger partial charge in [-0.25, -0.2) is 0 Å². The van der Waals surface area contributed by atoms with Crippen LogP contribution in [0.3, 0.4) is 0 Å². The molecule has 3 atom stereocenters. The molecule has 0 aromatic heterocycles. The predicted octanol–water partition coefficient (Wildman–Crippen LogP) is 4.06. The lowest BCUT2D eigenvalue weighted by Crippen LogP contribution is -2.31. The lowest BCUT2D eigenvalue weighted by Gasteiger charge is -2.24. The molecule has 3 nitrogen and oxygen atoms in total. The van der Waals surface area contributed by atoms with Crippen LogP contribution in [0.1, 0.15) is 66.2 Å². The summed E-state index contributed by atoms with van der Waals surface area (Å²) in [6.07, 6.45) is 12.6. The van der Waals surface area contributed by atoms with Crippen LogP contribution in [-0.4, -0.2) is 34.1 Å². The molecule has 0 aromatic carbocycles. The zero-order valence-electron chi connectivity index (χ0n) is 15.1. The molecule has 1 aliphatic heterocycles. The lowest BCUT2D eigenvalue weighted by molar-refractivity contribution is 0.0307. The van der Waals surface area contributed by atoms with Gasteiger partial charge in [0.1, 0.15) is 5.60 Å². The SMILES string of the molecule is C/C1=C\CC[C@]2(C)O[C@H]2CC/C(C)=C/C=C(/[C@@](C)(O)CO)CC1. The number of hydrogen-bond acceptors (Lipinski definition) is 3. The minimum Gasteiger partial charge on any atom is -0.393 e. The smallest absolute Gasteiger partial charge is 0.106 e. The normalized spacial score (nSPS) is 39.4. The molecule has 2 N–H and O–H groups in total. The first-order chi connectivity index (χ1) is 10.8. The number of hydrogen-bond donors (Lipinski definition) is 2. The van der Waals surface area contributed by atoms with Crippen molar-refractivity contribution in [2.24, 2.45) is 0 Å². The highest BCUT2D eigenvalue weighted by atomic mass is 16.6. The average Bonchev–Trinajstić information content (AvgIpc) is 3.14. The van der Waals surface area contributed by atoms with E-state index in [-0.39, 0.29) is 12.2 Å². The van der Waals surface area contributed by atoms with Crippen molar-refractivity contribution < 1.29 is 14.9 Å². The van der Waals surface area contributed by atoms with Crippen LogP contribution in [0, 0.1) is 0 Å². The maximum absolute atomic E-state index is 10.4. The summed E-state index contributed by atoms with van der Waals surface area (Å²) in [5, 5.41) is 19.9. The minimum atomic E-state index is -1.15. The third-order valence-corrected chi connectivity index (χ3v) is 5.33. The summed E-state index contributed by atoms with van der Waals surface area (Å²) in [5.41, 5.74) is 2.45. The van der Waals surface area contributed by atoms with E-state index in [2.05, 4.69) is 32.9 Å². The summed E-state index contributed by atoms with van der Waals surface area (Å²) >= 11 is 0. The summed E-state index contributed by atoms with van der Waals surface area (Å²) in [4.78, 5) is 0. The fourth-order valence-corrected chi connectivity index (χ4v) is 3.23. The molecule has 0 spiro atoms. The Morgan fingerprint density at radius 1 is 1.22 bits per heavy atom. The van der Waals surface area contributed by atoms with Crippen LogP contribution in [0.5, 0.6) is 0 Å². The van der Waals surface area contributed by atoms with Gasteiger partial charge in [0, 0.05) is 0 Å². The van der Waals surface area contributed by atoms with Crippen LogP contribution < -0.4 is 0 Å². The Balaban J connectivity index is 2.18. The van der Waals surface area contributed by atoms with Crippen LogP contribution in [0.4, 0.5) is 0 Å². The Kier molecular flexibility index (Phi) is 5.88. The number of fused-ring (bicyclic) bond motifs is 1. The molecule has 0 saturated carbocycles. The van der Waals surface area contributed by atoms with E-state index in [1.807, 2.05) is 6.08 Å². The van der Waals surface area contributed by atoms with Crippen molar-refractivity contribution in [3.8, 4) is 0 Å². The van der Waals surface area contributed by atoms with E-state index >= 15 is 0 Å². The van der Waals surface area contributed by atoms with Gasteiger partial charge in [-0.1, -0.05) is 29.4 Å². The summed E-state index contributed by atoms with van der Waals surface area (Å²) in [7, 11) is 0. The van der Waals surface area contributed by atoms with Gasteiger partial charge in [0.25, 0.3) is 0 Å². The fraction of sp³-hybridized carbons (Fsp3) is 0.700. The van der Waals surface area contributed by atoms with Crippen LogP contribution in [0.15, 0.2) is 34.9 Å². The number of aliphatic hydroxyl groups is 2. The Bertz CT molecular complexity index is 513. The van der Waals surface area contributed by atoms with Crippen molar-refractivity contribution in [1.82, 2.24) is 0 Å². The van der Waals surface area contributed by atoms with Crippen molar-refractivity contribution in [3.63, 3.8) is 0 Å². The zero-order chi connectivity index (χ0) is 17.1. The van der Waals surface area contributed by atoms with Crippen molar-refractivity contribution in [2.75, 3.05) is 6.61 Å². The third kappa shape index (κ3) is 5.03. The Morgan fingerprint density at radius 3 is 2.65 bits per heavy atom. The van der Waals surface area contributed by atoms with Gasteiger partial charge in [-0.15, -0.1) is 0 Å². The van der Waals surface area contributed by atoms with Crippen LogP contribution in [0.2, 0.25) is 0 Å². The van der Waals surface area contributed by atoms with E-state index in [0.29, 0.717) is 6.10 Å². The second-order valence-electron chi connectivity index (χ2n) is 7.68. The van der Waals surface area contributed by atoms with E-state index < -0.39 is 5.60 Å². The van der Waals surface area contributed by atoms with E-state index in [1.54, 1.807) is 6.92 Å². The number of allylic oxidation sites excluding steroid dienone is 5. The molecule has 2 rings (SSSR count). The lowest BCUT2D eigenvalue weighted by atomic mass is 9.89. The summed E-state index contributed by atoms with van der Waals surface area (Å²) in [6.45, 7) is 7.93. The molecule has 1 aliphatic carbocycles. The van der Waals surface area contributed by atoms with E-state index in [9.17, 15) is 10.2 Å². The van der Waals surface area contributed by atoms with Gasteiger partial charge in [-0.3, -0.25) is 0 Å². The topological polar surface area (TPSA) is 53.0 Å².